The first kappa shape index (κ1) is 22.3. The van der Waals surface area contributed by atoms with Gasteiger partial charge in [-0.25, -0.2) is 4.58 Å². The molecule has 7 rings (SSSR count). The predicted molar refractivity (Wildman–Crippen MR) is 151 cm³/mol. The van der Waals surface area contributed by atoms with E-state index in [0.717, 1.165) is 13.0 Å². The van der Waals surface area contributed by atoms with Gasteiger partial charge in [0.05, 0.1) is 0 Å². The lowest BCUT2D eigenvalue weighted by Crippen LogP contribution is -2.45. The minimum absolute atomic E-state index is 0.198. The smallest absolute Gasteiger partial charge is 0.203 e. The quantitative estimate of drug-likeness (QED) is 0.348. The van der Waals surface area contributed by atoms with Gasteiger partial charge in [0, 0.05) is 42.2 Å². The minimum atomic E-state index is 0.198. The van der Waals surface area contributed by atoms with Gasteiger partial charge in [0.25, 0.3) is 0 Å². The van der Waals surface area contributed by atoms with Gasteiger partial charge in [-0.15, -0.1) is 0 Å². The first-order valence-electron chi connectivity index (χ1n) is 14.0. The largest absolute Gasteiger partial charge is 0.371 e. The normalized spacial score (nSPS) is 20.9. The van der Waals surface area contributed by atoms with Crippen LogP contribution in [0.1, 0.15) is 85.9 Å². The second-order valence-electron chi connectivity index (χ2n) is 13.0. The van der Waals surface area contributed by atoms with Crippen molar-refractivity contribution in [2.45, 2.75) is 70.6 Å². The van der Waals surface area contributed by atoms with Gasteiger partial charge in [-0.1, -0.05) is 58.0 Å². The Morgan fingerprint density at radius 1 is 0.833 bits per heavy atom. The molecule has 0 radical (unpaired) electrons. The standard InChI is InChI=1S/C34H39N2/c1-33(2)13-16-35(5)30-19-23-18-26-24-12-9-15-36-17-14-34(3,4)29(32(24)36)21-27(26)31(25(23)20-28(30)33)22-10-7-6-8-11-22/h6-8,10-11,19-21H,9,12-18H2,1-5H3/q+1. The van der Waals surface area contributed by atoms with Crippen molar-refractivity contribution in [2.75, 3.05) is 31.6 Å². The highest BCUT2D eigenvalue weighted by molar-refractivity contribution is 5.87. The summed E-state index contributed by atoms with van der Waals surface area (Å²) in [6.45, 7) is 13.3. The molecular formula is C34H39N2+. The van der Waals surface area contributed by atoms with Crippen LogP contribution in [-0.2, 0) is 23.7 Å². The van der Waals surface area contributed by atoms with E-state index in [1.54, 1.807) is 22.4 Å². The maximum atomic E-state index is 2.71. The van der Waals surface area contributed by atoms with Gasteiger partial charge >= 0.3 is 0 Å². The molecule has 0 saturated carbocycles. The molecule has 0 atom stereocenters. The van der Waals surface area contributed by atoms with Gasteiger partial charge < -0.3 is 4.90 Å². The van der Waals surface area contributed by atoms with Crippen molar-refractivity contribution in [1.82, 2.24) is 4.58 Å². The Labute approximate surface area is 216 Å². The fourth-order valence-electron chi connectivity index (χ4n) is 7.49. The molecular weight excluding hydrogens is 436 g/mol. The number of rotatable bonds is 1. The lowest BCUT2D eigenvalue weighted by atomic mass is 9.70. The van der Waals surface area contributed by atoms with Gasteiger partial charge in [-0.3, -0.25) is 0 Å². The van der Waals surface area contributed by atoms with E-state index in [4.69, 9.17) is 0 Å². The summed E-state index contributed by atoms with van der Waals surface area (Å²) in [7, 11) is 2.28. The van der Waals surface area contributed by atoms with Crippen LogP contribution in [-0.4, -0.2) is 26.7 Å². The SMILES string of the molecule is C[N+]1=c2cc3c(cc2C(C)(C)CC1)=C(c1ccccc1)c1cc2c4c(c1C3)CCCN4CCC2(C)C. The van der Waals surface area contributed by atoms with Gasteiger partial charge in [0.2, 0.25) is 5.36 Å². The van der Waals surface area contributed by atoms with Gasteiger partial charge in [0.1, 0.15) is 13.6 Å². The molecule has 0 amide bonds. The third-order valence-corrected chi connectivity index (χ3v) is 9.83. The highest BCUT2D eigenvalue weighted by Crippen LogP contribution is 2.48. The van der Waals surface area contributed by atoms with Crippen LogP contribution in [0.3, 0.4) is 0 Å². The third kappa shape index (κ3) is 3.12. The van der Waals surface area contributed by atoms with E-state index >= 15 is 0 Å². The maximum absolute atomic E-state index is 2.71. The topological polar surface area (TPSA) is 6.25 Å². The highest BCUT2D eigenvalue weighted by atomic mass is 15.1. The van der Waals surface area contributed by atoms with Crippen LogP contribution in [0.2, 0.25) is 0 Å². The Hall–Kier alpha value is -2.87. The first-order chi connectivity index (χ1) is 17.2. The Morgan fingerprint density at radius 2 is 1.61 bits per heavy atom. The maximum Gasteiger partial charge on any atom is 0.203 e. The van der Waals surface area contributed by atoms with Crippen molar-refractivity contribution in [3.05, 3.63) is 98.1 Å². The molecule has 0 fully saturated rings. The summed E-state index contributed by atoms with van der Waals surface area (Å²) in [4.78, 5) is 2.71. The molecule has 0 N–H and O–H groups in total. The summed E-state index contributed by atoms with van der Waals surface area (Å²) in [5.41, 5.74) is 14.2. The van der Waals surface area contributed by atoms with E-state index in [-0.39, 0.29) is 10.8 Å². The molecule has 3 aliphatic heterocycles. The average Bonchev–Trinajstić information content (AvgIpc) is 2.87. The van der Waals surface area contributed by atoms with Gasteiger partial charge in [-0.2, -0.15) is 0 Å². The Bertz CT molecular complexity index is 1540. The molecule has 0 bridgehead atoms. The van der Waals surface area contributed by atoms with Crippen molar-refractivity contribution in [2.24, 2.45) is 0 Å². The molecule has 0 spiro atoms. The molecule has 3 aromatic rings. The van der Waals surface area contributed by atoms with E-state index in [1.165, 1.54) is 77.2 Å². The minimum Gasteiger partial charge on any atom is -0.371 e. The van der Waals surface area contributed by atoms with Crippen LogP contribution in [0, 0.1) is 0 Å². The molecule has 0 saturated heterocycles. The van der Waals surface area contributed by atoms with Crippen LogP contribution in [0.5, 0.6) is 0 Å². The van der Waals surface area contributed by atoms with Gasteiger partial charge in [-0.05, 0) is 87.4 Å². The zero-order valence-electron chi connectivity index (χ0n) is 22.7. The van der Waals surface area contributed by atoms with Crippen LogP contribution >= 0.6 is 0 Å². The van der Waals surface area contributed by atoms with Crippen LogP contribution in [0.4, 0.5) is 5.69 Å². The number of fused-ring (bicyclic) bond motifs is 4. The van der Waals surface area contributed by atoms with Gasteiger partial charge in [0.15, 0.2) is 0 Å². The van der Waals surface area contributed by atoms with Crippen LogP contribution in [0.25, 0.3) is 5.57 Å². The lowest BCUT2D eigenvalue weighted by molar-refractivity contribution is 0.410. The zero-order valence-corrected chi connectivity index (χ0v) is 22.7. The summed E-state index contributed by atoms with van der Waals surface area (Å²) >= 11 is 0. The zero-order chi connectivity index (χ0) is 24.8. The lowest BCUT2D eigenvalue weighted by Gasteiger charge is -2.45. The fourth-order valence-corrected chi connectivity index (χ4v) is 7.49. The monoisotopic (exact) mass is 475 g/mol. The molecule has 4 aliphatic rings. The number of nitrogens with zero attached hydrogens (tertiary/aromatic N) is 2. The first-order valence-corrected chi connectivity index (χ1v) is 14.0. The molecule has 36 heavy (non-hydrogen) atoms. The Balaban J connectivity index is 1.63. The summed E-state index contributed by atoms with van der Waals surface area (Å²) in [5.74, 6) is 0. The summed E-state index contributed by atoms with van der Waals surface area (Å²) < 4.78 is 2.49. The van der Waals surface area contributed by atoms with Crippen molar-refractivity contribution in [1.29, 1.82) is 0 Å². The van der Waals surface area contributed by atoms with E-state index in [2.05, 4.69) is 92.7 Å². The van der Waals surface area contributed by atoms with Crippen LogP contribution < -0.4 is 20.1 Å². The number of benzene rings is 3. The molecule has 1 aliphatic carbocycles. The third-order valence-electron chi connectivity index (χ3n) is 9.83. The second-order valence-corrected chi connectivity index (χ2v) is 13.0. The highest BCUT2D eigenvalue weighted by Gasteiger charge is 2.38. The second kappa shape index (κ2) is 7.57. The summed E-state index contributed by atoms with van der Waals surface area (Å²) in [6.07, 6.45) is 5.99. The molecule has 0 unspecified atom stereocenters. The molecule has 0 aromatic heterocycles. The number of hydrogen-bond donors (Lipinski definition) is 0. The van der Waals surface area contributed by atoms with E-state index in [0.29, 0.717) is 0 Å². The molecule has 3 heterocycles. The predicted octanol–water partition coefficient (Wildman–Crippen LogP) is 5.07. The summed E-state index contributed by atoms with van der Waals surface area (Å²) in [5, 5.41) is 2.90. The van der Waals surface area contributed by atoms with E-state index in [1.807, 2.05) is 0 Å². The average molecular weight is 476 g/mol. The van der Waals surface area contributed by atoms with E-state index < -0.39 is 0 Å². The number of anilines is 1. The van der Waals surface area contributed by atoms with Crippen molar-refractivity contribution in [3.8, 4) is 0 Å². The van der Waals surface area contributed by atoms with E-state index in [9.17, 15) is 0 Å². The van der Waals surface area contributed by atoms with Crippen molar-refractivity contribution >= 4 is 11.3 Å². The Morgan fingerprint density at radius 3 is 2.42 bits per heavy atom. The molecule has 3 aromatic carbocycles. The molecule has 2 nitrogen and oxygen atoms in total. The van der Waals surface area contributed by atoms with Crippen LogP contribution in [0.15, 0.2) is 48.5 Å². The Kier molecular flexibility index (Phi) is 4.70. The summed E-state index contributed by atoms with van der Waals surface area (Å²) in [6, 6.07) is 19.0. The van der Waals surface area contributed by atoms with Crippen molar-refractivity contribution < 1.29 is 0 Å². The number of hydrogen-bond acceptors (Lipinski definition) is 1. The molecule has 184 valence electrons. The fraction of sp³-hybridized carbons (Fsp3) is 0.441. The molecule has 2 heteroatoms. The van der Waals surface area contributed by atoms with Crippen molar-refractivity contribution in [3.63, 3.8) is 0 Å².